The molecule has 8 heteroatoms. The second-order valence-electron chi connectivity index (χ2n) is 4.11. The molecule has 0 aliphatic rings. The Hall–Kier alpha value is -2.45. The molecule has 4 N–H and O–H groups in total. The predicted molar refractivity (Wildman–Crippen MR) is 75.0 cm³/mol. The topological polar surface area (TPSA) is 101 Å². The summed E-state index contributed by atoms with van der Waals surface area (Å²) in [6.45, 7) is 0. The second-order valence-corrected chi connectivity index (χ2v) is 5.79. The van der Waals surface area contributed by atoms with Crippen LogP contribution in [0.15, 0.2) is 53.4 Å². The molecule has 2 aromatic rings. The van der Waals surface area contributed by atoms with Crippen molar-refractivity contribution in [3.8, 4) is 0 Å². The van der Waals surface area contributed by atoms with Crippen LogP contribution in [-0.2, 0) is 10.0 Å². The Labute approximate surface area is 120 Å². The molecule has 2 aromatic carbocycles. The number of sulfonamides is 1. The van der Waals surface area contributed by atoms with Gasteiger partial charge >= 0.3 is 0 Å². The number of halogens is 1. The summed E-state index contributed by atoms with van der Waals surface area (Å²) in [5, 5.41) is 0. The molecule has 0 atom stereocenters. The number of hydrazine groups is 1. The smallest absolute Gasteiger partial charge is 0.269 e. The fourth-order valence-electron chi connectivity index (χ4n) is 1.57. The van der Waals surface area contributed by atoms with Crippen LogP contribution < -0.4 is 16.0 Å². The highest BCUT2D eigenvalue weighted by molar-refractivity contribution is 7.89. The number of nitrogen functional groups attached to an aromatic ring is 1. The zero-order chi connectivity index (χ0) is 15.5. The first-order valence-electron chi connectivity index (χ1n) is 5.82. The van der Waals surface area contributed by atoms with Crippen molar-refractivity contribution in [1.29, 1.82) is 0 Å². The molecule has 110 valence electrons. The maximum atomic E-state index is 13.4. The largest absolute Gasteiger partial charge is 0.399 e. The van der Waals surface area contributed by atoms with E-state index in [0.29, 0.717) is 0 Å². The average Bonchev–Trinajstić information content (AvgIpc) is 2.45. The highest BCUT2D eigenvalue weighted by Gasteiger charge is 2.17. The number of nitrogens with two attached hydrogens (primary N) is 1. The molecule has 0 fully saturated rings. The Kier molecular flexibility index (Phi) is 4.20. The SMILES string of the molecule is Nc1cccc(S(=O)(=O)NNC(=O)c2ccccc2F)c1. The van der Waals surface area contributed by atoms with E-state index in [2.05, 4.69) is 0 Å². The van der Waals surface area contributed by atoms with E-state index < -0.39 is 21.7 Å². The first kappa shape index (κ1) is 14.9. The molecule has 0 saturated heterocycles. The van der Waals surface area contributed by atoms with Gasteiger partial charge in [0.1, 0.15) is 5.82 Å². The van der Waals surface area contributed by atoms with Crippen LogP contribution in [0.2, 0.25) is 0 Å². The van der Waals surface area contributed by atoms with Gasteiger partial charge in [-0.05, 0) is 30.3 Å². The minimum absolute atomic E-state index is 0.115. The van der Waals surface area contributed by atoms with Crippen molar-refractivity contribution in [2.24, 2.45) is 0 Å². The maximum Gasteiger partial charge on any atom is 0.269 e. The molecule has 0 heterocycles. The standard InChI is InChI=1S/C13H12FN3O3S/c14-12-7-2-1-6-11(12)13(18)16-17-21(19,20)10-5-3-4-9(15)8-10/h1-8,17H,15H2,(H,16,18). The number of amides is 1. The highest BCUT2D eigenvalue weighted by Crippen LogP contribution is 2.12. The quantitative estimate of drug-likeness (QED) is 0.580. The fourth-order valence-corrected chi connectivity index (χ4v) is 2.46. The third-order valence-corrected chi connectivity index (χ3v) is 3.83. The minimum atomic E-state index is -3.98. The first-order valence-corrected chi connectivity index (χ1v) is 7.31. The molecule has 1 amide bonds. The summed E-state index contributed by atoms with van der Waals surface area (Å²) in [5.41, 5.74) is 7.43. The predicted octanol–water partition coefficient (Wildman–Crippen LogP) is 1.03. The lowest BCUT2D eigenvalue weighted by atomic mass is 10.2. The lowest BCUT2D eigenvalue weighted by Gasteiger charge is -2.09. The van der Waals surface area contributed by atoms with Crippen LogP contribution >= 0.6 is 0 Å². The molecule has 0 aliphatic heterocycles. The first-order chi connectivity index (χ1) is 9.90. The van der Waals surface area contributed by atoms with Gasteiger partial charge in [0.25, 0.3) is 15.9 Å². The van der Waals surface area contributed by atoms with E-state index in [-0.39, 0.29) is 16.1 Å². The third-order valence-electron chi connectivity index (χ3n) is 2.59. The number of hydrogen-bond acceptors (Lipinski definition) is 4. The van der Waals surface area contributed by atoms with Gasteiger partial charge in [-0.1, -0.05) is 18.2 Å². The zero-order valence-corrected chi connectivity index (χ0v) is 11.5. The van der Waals surface area contributed by atoms with Crippen LogP contribution in [0.1, 0.15) is 10.4 Å². The molecule has 0 radical (unpaired) electrons. The summed E-state index contributed by atoms with van der Waals surface area (Å²) in [6.07, 6.45) is 0. The van der Waals surface area contributed by atoms with Crippen LogP contribution in [0.4, 0.5) is 10.1 Å². The van der Waals surface area contributed by atoms with Crippen molar-refractivity contribution in [3.63, 3.8) is 0 Å². The Bertz CT molecular complexity index is 778. The van der Waals surface area contributed by atoms with E-state index in [1.54, 1.807) is 0 Å². The van der Waals surface area contributed by atoms with Crippen molar-refractivity contribution in [2.75, 3.05) is 5.73 Å². The normalized spacial score (nSPS) is 11.1. The molecule has 0 aromatic heterocycles. The molecule has 0 spiro atoms. The zero-order valence-electron chi connectivity index (χ0n) is 10.7. The van der Waals surface area contributed by atoms with Crippen LogP contribution in [0.3, 0.4) is 0 Å². The van der Waals surface area contributed by atoms with Crippen molar-refractivity contribution in [2.45, 2.75) is 4.90 Å². The van der Waals surface area contributed by atoms with Gasteiger partial charge < -0.3 is 5.73 Å². The van der Waals surface area contributed by atoms with Crippen molar-refractivity contribution >= 4 is 21.6 Å². The minimum Gasteiger partial charge on any atom is -0.399 e. The van der Waals surface area contributed by atoms with Crippen LogP contribution in [-0.4, -0.2) is 14.3 Å². The van der Waals surface area contributed by atoms with E-state index >= 15 is 0 Å². The van der Waals surface area contributed by atoms with Crippen LogP contribution in [0.25, 0.3) is 0 Å². The molecule has 21 heavy (non-hydrogen) atoms. The number of carbonyl (C=O) groups excluding carboxylic acids is 1. The Balaban J connectivity index is 2.12. The van der Waals surface area contributed by atoms with Gasteiger partial charge in [0, 0.05) is 5.69 Å². The molecule has 2 rings (SSSR count). The molecular weight excluding hydrogens is 297 g/mol. The van der Waals surface area contributed by atoms with E-state index in [4.69, 9.17) is 5.73 Å². The molecule has 0 saturated carbocycles. The van der Waals surface area contributed by atoms with Gasteiger partial charge in [-0.3, -0.25) is 10.2 Å². The summed E-state index contributed by atoms with van der Waals surface area (Å²) in [4.78, 5) is 13.5. The van der Waals surface area contributed by atoms with E-state index in [1.807, 2.05) is 10.3 Å². The van der Waals surface area contributed by atoms with Gasteiger partial charge in [0.15, 0.2) is 0 Å². The molecule has 6 nitrogen and oxygen atoms in total. The molecule has 0 aliphatic carbocycles. The molecule has 0 bridgehead atoms. The summed E-state index contributed by atoms with van der Waals surface area (Å²) >= 11 is 0. The van der Waals surface area contributed by atoms with Gasteiger partial charge in [0.2, 0.25) is 0 Å². The van der Waals surface area contributed by atoms with Crippen LogP contribution in [0.5, 0.6) is 0 Å². The lowest BCUT2D eigenvalue weighted by Crippen LogP contribution is -2.41. The average molecular weight is 309 g/mol. The van der Waals surface area contributed by atoms with E-state index in [0.717, 1.165) is 6.07 Å². The summed E-state index contributed by atoms with van der Waals surface area (Å²) in [6, 6.07) is 10.7. The maximum absolute atomic E-state index is 13.4. The Morgan fingerprint density at radius 2 is 1.81 bits per heavy atom. The van der Waals surface area contributed by atoms with Crippen LogP contribution in [0, 0.1) is 5.82 Å². The van der Waals surface area contributed by atoms with Crippen molar-refractivity contribution < 1.29 is 17.6 Å². The monoisotopic (exact) mass is 309 g/mol. The van der Waals surface area contributed by atoms with E-state index in [1.165, 1.54) is 42.5 Å². The Morgan fingerprint density at radius 1 is 1.10 bits per heavy atom. The number of anilines is 1. The fraction of sp³-hybridized carbons (Fsp3) is 0. The number of nitrogens with one attached hydrogen (secondary N) is 2. The summed E-state index contributed by atoms with van der Waals surface area (Å²) < 4.78 is 37.2. The van der Waals surface area contributed by atoms with Gasteiger partial charge in [-0.15, -0.1) is 4.83 Å². The second kappa shape index (κ2) is 5.90. The van der Waals surface area contributed by atoms with Crippen molar-refractivity contribution in [3.05, 3.63) is 59.9 Å². The Morgan fingerprint density at radius 3 is 2.48 bits per heavy atom. The highest BCUT2D eigenvalue weighted by atomic mass is 32.2. The lowest BCUT2D eigenvalue weighted by molar-refractivity contribution is 0.0941. The third kappa shape index (κ3) is 3.56. The van der Waals surface area contributed by atoms with E-state index in [9.17, 15) is 17.6 Å². The summed E-state index contributed by atoms with van der Waals surface area (Å²) in [7, 11) is -3.98. The van der Waals surface area contributed by atoms with Gasteiger partial charge in [0.05, 0.1) is 10.5 Å². The molecular formula is C13H12FN3O3S. The van der Waals surface area contributed by atoms with Crippen molar-refractivity contribution in [1.82, 2.24) is 10.3 Å². The number of rotatable bonds is 4. The summed E-state index contributed by atoms with van der Waals surface area (Å²) in [5.74, 6) is -1.65. The number of hydrogen-bond donors (Lipinski definition) is 3. The molecule has 0 unspecified atom stereocenters. The van der Waals surface area contributed by atoms with Gasteiger partial charge in [-0.2, -0.15) is 0 Å². The number of benzene rings is 2. The number of carbonyl (C=O) groups is 1. The van der Waals surface area contributed by atoms with Gasteiger partial charge in [-0.25, -0.2) is 12.8 Å².